The molecule has 6 nitrogen and oxygen atoms in total. The zero-order valence-corrected chi connectivity index (χ0v) is 13.4. The van der Waals surface area contributed by atoms with E-state index in [1.54, 1.807) is 6.92 Å². The highest BCUT2D eigenvalue weighted by atomic mass is 35.5. The van der Waals surface area contributed by atoms with Gasteiger partial charge in [-0.05, 0) is 12.5 Å². The maximum absolute atomic E-state index is 13.0. The second-order valence-electron chi connectivity index (χ2n) is 5.08. The van der Waals surface area contributed by atoms with Gasteiger partial charge in [-0.1, -0.05) is 18.5 Å². The number of carbonyl (C=O) groups is 2. The number of alkyl halides is 3. The molecule has 0 unspecified atom stereocenters. The van der Waals surface area contributed by atoms with Gasteiger partial charge in [0, 0.05) is 13.2 Å². The van der Waals surface area contributed by atoms with Crippen molar-refractivity contribution in [2.45, 2.75) is 19.5 Å². The van der Waals surface area contributed by atoms with Crippen LogP contribution in [-0.4, -0.2) is 44.9 Å². The van der Waals surface area contributed by atoms with Crippen molar-refractivity contribution in [3.63, 3.8) is 0 Å². The number of rotatable bonds is 4. The first-order valence-electron chi connectivity index (χ1n) is 6.81. The number of carbonyl (C=O) groups excluding carboxylic acids is 1. The van der Waals surface area contributed by atoms with Crippen molar-refractivity contribution in [3.8, 4) is 0 Å². The average Bonchev–Trinajstić information content (AvgIpc) is 2.83. The molecule has 0 fully saturated rings. The molecule has 0 radical (unpaired) electrons. The Morgan fingerprint density at radius 2 is 2.04 bits per heavy atom. The van der Waals surface area contributed by atoms with Gasteiger partial charge >= 0.3 is 12.1 Å². The Hall–Kier alpha value is -2.29. The van der Waals surface area contributed by atoms with Gasteiger partial charge in [0.05, 0.1) is 16.3 Å². The molecule has 0 spiro atoms. The number of amides is 1. The Balaban J connectivity index is 2.69. The van der Waals surface area contributed by atoms with E-state index in [1.807, 2.05) is 0 Å². The van der Waals surface area contributed by atoms with Crippen LogP contribution < -0.4 is 0 Å². The largest absolute Gasteiger partial charge is 0.480 e. The van der Waals surface area contributed by atoms with Gasteiger partial charge in [0.2, 0.25) is 0 Å². The van der Waals surface area contributed by atoms with Crippen LogP contribution in [0.5, 0.6) is 0 Å². The van der Waals surface area contributed by atoms with E-state index in [0.717, 1.165) is 21.6 Å². The Kier molecular flexibility index (Phi) is 4.75. The summed E-state index contributed by atoms with van der Waals surface area (Å²) in [5, 5.41) is 8.53. The van der Waals surface area contributed by atoms with Crippen LogP contribution in [0.25, 0.3) is 5.65 Å². The Morgan fingerprint density at radius 1 is 1.42 bits per heavy atom. The number of hydrogen-bond donors (Lipinski definition) is 1. The van der Waals surface area contributed by atoms with Gasteiger partial charge in [-0.15, -0.1) is 0 Å². The molecule has 0 bridgehead atoms. The number of carboxylic acids is 1. The number of aliphatic carboxylic acids is 1. The number of pyridine rings is 1. The van der Waals surface area contributed by atoms with Gasteiger partial charge in [0.25, 0.3) is 5.91 Å². The lowest BCUT2D eigenvalue weighted by atomic mass is 10.2. The summed E-state index contributed by atoms with van der Waals surface area (Å²) in [6.45, 7) is 1.08. The maximum Gasteiger partial charge on any atom is 0.417 e. The van der Waals surface area contributed by atoms with Crippen LogP contribution in [0.1, 0.15) is 28.7 Å². The fraction of sp³-hybridized carbons (Fsp3) is 0.357. The highest BCUT2D eigenvalue weighted by molar-refractivity contribution is 6.33. The van der Waals surface area contributed by atoms with Crippen LogP contribution in [0.3, 0.4) is 0 Å². The van der Waals surface area contributed by atoms with Crippen molar-refractivity contribution >= 4 is 29.1 Å². The molecule has 0 saturated carbocycles. The van der Waals surface area contributed by atoms with Gasteiger partial charge in [0.15, 0.2) is 5.65 Å². The van der Waals surface area contributed by atoms with Crippen molar-refractivity contribution < 1.29 is 27.9 Å². The standard InChI is InChI=1S/C14H13ClF3N3O3/c1-3-9-11(13(24)20(2)6-10(22)23)21-5-7(14(16,17)18)4-8(15)12(21)19-9/h4-5H,3,6H2,1-2H3,(H,22,23). The van der Waals surface area contributed by atoms with E-state index in [2.05, 4.69) is 4.98 Å². The van der Waals surface area contributed by atoms with E-state index >= 15 is 0 Å². The van der Waals surface area contributed by atoms with Crippen molar-refractivity contribution in [2.75, 3.05) is 13.6 Å². The summed E-state index contributed by atoms with van der Waals surface area (Å²) in [7, 11) is 1.24. The summed E-state index contributed by atoms with van der Waals surface area (Å²) >= 11 is 5.88. The van der Waals surface area contributed by atoms with E-state index in [9.17, 15) is 22.8 Å². The quantitative estimate of drug-likeness (QED) is 0.906. The number of hydrogen-bond acceptors (Lipinski definition) is 3. The summed E-state index contributed by atoms with van der Waals surface area (Å²) in [4.78, 5) is 28.2. The molecule has 0 aliphatic carbocycles. The Bertz CT molecular complexity index is 817. The van der Waals surface area contributed by atoms with Crippen molar-refractivity contribution in [1.82, 2.24) is 14.3 Å². The van der Waals surface area contributed by atoms with Gasteiger partial charge in [0.1, 0.15) is 12.2 Å². The highest BCUT2D eigenvalue weighted by Gasteiger charge is 2.33. The Morgan fingerprint density at radius 3 is 2.54 bits per heavy atom. The zero-order chi connectivity index (χ0) is 18.2. The molecule has 2 aromatic rings. The van der Waals surface area contributed by atoms with Crippen molar-refractivity contribution in [3.05, 3.63) is 34.2 Å². The van der Waals surface area contributed by atoms with E-state index in [0.29, 0.717) is 0 Å². The summed E-state index contributed by atoms with van der Waals surface area (Å²) in [5.74, 6) is -2.00. The first kappa shape index (κ1) is 18.1. The normalized spacial score (nSPS) is 11.8. The van der Waals surface area contributed by atoms with Crippen LogP contribution in [-0.2, 0) is 17.4 Å². The molecule has 2 heterocycles. The van der Waals surface area contributed by atoms with Crippen molar-refractivity contribution in [1.29, 1.82) is 0 Å². The molecule has 0 aromatic carbocycles. The minimum Gasteiger partial charge on any atom is -0.480 e. The van der Waals surface area contributed by atoms with Crippen LogP contribution in [0.4, 0.5) is 13.2 Å². The summed E-state index contributed by atoms with van der Waals surface area (Å²) < 4.78 is 39.9. The van der Waals surface area contributed by atoms with Crippen LogP contribution in [0, 0.1) is 0 Å². The van der Waals surface area contributed by atoms with Gasteiger partial charge in [-0.3, -0.25) is 14.0 Å². The van der Waals surface area contributed by atoms with Crippen LogP contribution >= 0.6 is 11.6 Å². The fourth-order valence-electron chi connectivity index (χ4n) is 2.23. The third-order valence-electron chi connectivity index (χ3n) is 3.33. The molecule has 2 rings (SSSR count). The monoisotopic (exact) mass is 363 g/mol. The number of aryl methyl sites for hydroxylation is 1. The second-order valence-corrected chi connectivity index (χ2v) is 5.49. The molecule has 10 heteroatoms. The molecule has 0 aliphatic rings. The molecule has 0 saturated heterocycles. The SMILES string of the molecule is CCc1nc2c(Cl)cc(C(F)(F)F)cn2c1C(=O)N(C)CC(=O)O. The van der Waals surface area contributed by atoms with E-state index in [1.165, 1.54) is 7.05 Å². The predicted molar refractivity (Wildman–Crippen MR) is 79.2 cm³/mol. The Labute approximate surface area is 139 Å². The lowest BCUT2D eigenvalue weighted by molar-refractivity contribution is -0.138. The number of fused-ring (bicyclic) bond motifs is 1. The maximum atomic E-state index is 13.0. The molecule has 130 valence electrons. The molecule has 1 N–H and O–H groups in total. The fourth-order valence-corrected chi connectivity index (χ4v) is 2.49. The van der Waals surface area contributed by atoms with Gasteiger partial charge in [-0.25, -0.2) is 4.98 Å². The highest BCUT2D eigenvalue weighted by Crippen LogP contribution is 2.33. The lowest BCUT2D eigenvalue weighted by Crippen LogP contribution is -2.33. The van der Waals surface area contributed by atoms with E-state index in [-0.39, 0.29) is 28.5 Å². The molecule has 1 amide bonds. The van der Waals surface area contributed by atoms with E-state index < -0.39 is 30.2 Å². The first-order chi connectivity index (χ1) is 11.1. The second kappa shape index (κ2) is 6.31. The number of likely N-dealkylation sites (N-methyl/N-ethyl adjacent to an activating group) is 1. The average molecular weight is 364 g/mol. The third kappa shape index (κ3) is 3.30. The van der Waals surface area contributed by atoms with Gasteiger partial charge < -0.3 is 10.0 Å². The summed E-state index contributed by atoms with van der Waals surface area (Å²) in [5.41, 5.74) is -0.925. The smallest absolute Gasteiger partial charge is 0.417 e. The lowest BCUT2D eigenvalue weighted by Gasteiger charge is -2.15. The van der Waals surface area contributed by atoms with E-state index in [4.69, 9.17) is 16.7 Å². The topological polar surface area (TPSA) is 74.9 Å². The molecule has 24 heavy (non-hydrogen) atoms. The summed E-state index contributed by atoms with van der Waals surface area (Å²) in [6, 6.07) is 0.735. The van der Waals surface area contributed by atoms with Gasteiger partial charge in [-0.2, -0.15) is 13.2 Å². The molecular weight excluding hydrogens is 351 g/mol. The molecule has 2 aromatic heterocycles. The summed E-state index contributed by atoms with van der Waals surface area (Å²) in [6.07, 6.45) is -3.65. The van der Waals surface area contributed by atoms with Crippen LogP contribution in [0.2, 0.25) is 5.02 Å². The molecule has 0 atom stereocenters. The van der Waals surface area contributed by atoms with Crippen molar-refractivity contribution in [2.24, 2.45) is 0 Å². The molecule has 0 aliphatic heterocycles. The third-order valence-corrected chi connectivity index (χ3v) is 3.61. The predicted octanol–water partition coefficient (Wildman–Crippen LogP) is 2.73. The zero-order valence-electron chi connectivity index (χ0n) is 12.7. The molecular formula is C14H13ClF3N3O3. The number of halogens is 4. The minimum atomic E-state index is -4.65. The number of imidazole rings is 1. The van der Waals surface area contributed by atoms with Crippen LogP contribution in [0.15, 0.2) is 12.3 Å². The minimum absolute atomic E-state index is 0.00796. The first-order valence-corrected chi connectivity index (χ1v) is 7.19. The number of carboxylic acid groups (broad SMARTS) is 1. The number of nitrogens with zero attached hydrogens (tertiary/aromatic N) is 3. The number of aromatic nitrogens is 2.